The summed E-state index contributed by atoms with van der Waals surface area (Å²) in [4.78, 5) is 104. The largest absolute Gasteiger partial charge is 0.472 e. The molecule has 3 aliphatic rings. The Morgan fingerprint density at radius 2 is 1.06 bits per heavy atom. The third-order valence-corrected chi connectivity index (χ3v) is 14.5. The standard InChI is InChI=1S/C40H46N6O18P2S/c1-20-14-44(38(51)41-35(20)48)32-11-26(47)29(60-32)17-58-65(54,55)63-27-12-33(45-15-21(2)36(49)42-39(45)52)61-30(27)18-59-66(56,57)64-28-13-34(46-16-22(3)37(50)43-40(46)53)62-31(28)19-67-25-9-8-23-6-4-5-7-24(23)10-25/h4-10,14-16,26-34,47H,11-13,17-19H2,1-3H3,(H,54,55)(H,56,57)(H,41,48,51)(H,42,49,52)(H,43,50,53)/t26-,27-,28-,29+,30+,31+,32+,33+,34+/m0/s1. The molecule has 0 amide bonds. The van der Waals surface area contributed by atoms with Gasteiger partial charge in [-0.1, -0.05) is 30.3 Å². The van der Waals surface area contributed by atoms with Crippen LogP contribution in [0.4, 0.5) is 0 Å². The van der Waals surface area contributed by atoms with Crippen LogP contribution in [0, 0.1) is 20.8 Å². The summed E-state index contributed by atoms with van der Waals surface area (Å²) in [6, 6.07) is 13.5. The number of nitrogens with zero attached hydrogens (tertiary/aromatic N) is 3. The molecule has 0 spiro atoms. The molecule has 6 N–H and O–H groups in total. The van der Waals surface area contributed by atoms with Gasteiger partial charge in [0, 0.05) is 65.2 Å². The number of ether oxygens (including phenoxy) is 3. The summed E-state index contributed by atoms with van der Waals surface area (Å²) in [5.41, 5.74) is -3.85. The smallest absolute Gasteiger partial charge is 0.390 e. The fraction of sp³-hybridized carbons (Fsp3) is 0.450. The second-order valence-corrected chi connectivity index (χ2v) is 20.1. The molecule has 67 heavy (non-hydrogen) atoms. The highest BCUT2D eigenvalue weighted by Gasteiger charge is 2.46. The molecule has 3 aliphatic heterocycles. The second-order valence-electron chi connectivity index (χ2n) is 16.2. The maximum Gasteiger partial charge on any atom is 0.472 e. The van der Waals surface area contributed by atoms with E-state index in [0.717, 1.165) is 29.4 Å². The number of rotatable bonds is 16. The fourth-order valence-corrected chi connectivity index (χ4v) is 10.8. The predicted molar refractivity (Wildman–Crippen MR) is 236 cm³/mol. The van der Waals surface area contributed by atoms with Crippen LogP contribution in [0.1, 0.15) is 54.6 Å². The molecule has 3 aromatic heterocycles. The molecule has 0 aliphatic carbocycles. The number of aliphatic hydroxyl groups is 1. The summed E-state index contributed by atoms with van der Waals surface area (Å²) in [7, 11) is -10.2. The lowest BCUT2D eigenvalue weighted by Crippen LogP contribution is -2.33. The Kier molecular flexibility index (Phi) is 14.2. The van der Waals surface area contributed by atoms with Crippen molar-refractivity contribution in [2.45, 2.75) is 100 Å². The highest BCUT2D eigenvalue weighted by Crippen LogP contribution is 2.52. The number of phosphoric ester groups is 2. The topological polar surface area (TPSA) is 324 Å². The number of benzene rings is 2. The lowest BCUT2D eigenvalue weighted by atomic mass is 10.1. The average molecular weight is 993 g/mol. The molecule has 6 heterocycles. The molecule has 11 atom stereocenters. The zero-order valence-electron chi connectivity index (χ0n) is 35.8. The van der Waals surface area contributed by atoms with E-state index in [9.17, 15) is 52.8 Å². The molecule has 3 saturated heterocycles. The van der Waals surface area contributed by atoms with E-state index in [1.807, 2.05) is 42.5 Å². The van der Waals surface area contributed by atoms with Crippen molar-refractivity contribution < 1.29 is 56.3 Å². The number of H-pyrrole nitrogens is 3. The van der Waals surface area contributed by atoms with Gasteiger partial charge in [-0.2, -0.15) is 0 Å². The predicted octanol–water partition coefficient (Wildman–Crippen LogP) is 1.74. The van der Waals surface area contributed by atoms with E-state index in [-0.39, 0.29) is 41.7 Å². The quantitative estimate of drug-likeness (QED) is 0.0606. The van der Waals surface area contributed by atoms with E-state index < -0.39 is 118 Å². The van der Waals surface area contributed by atoms with Crippen LogP contribution in [0.2, 0.25) is 0 Å². The minimum Gasteiger partial charge on any atom is -0.390 e. The van der Waals surface area contributed by atoms with Crippen molar-refractivity contribution in [1.82, 2.24) is 28.7 Å². The Morgan fingerprint density at radius 3 is 1.58 bits per heavy atom. The van der Waals surface area contributed by atoms with Gasteiger partial charge in [0.25, 0.3) is 16.7 Å². The summed E-state index contributed by atoms with van der Waals surface area (Å²) in [6.07, 6.45) is -7.89. The zero-order valence-corrected chi connectivity index (χ0v) is 38.4. The van der Waals surface area contributed by atoms with E-state index in [2.05, 4.69) is 15.0 Å². The van der Waals surface area contributed by atoms with Crippen LogP contribution in [0.15, 0.2) is 94.7 Å². The molecule has 0 radical (unpaired) electrons. The van der Waals surface area contributed by atoms with E-state index in [0.29, 0.717) is 0 Å². The number of hydrogen-bond donors (Lipinski definition) is 6. The maximum atomic E-state index is 13.8. The first kappa shape index (κ1) is 48.6. The van der Waals surface area contributed by atoms with Gasteiger partial charge in [-0.15, -0.1) is 11.8 Å². The Labute approximate surface area is 381 Å². The Morgan fingerprint density at radius 1 is 0.627 bits per heavy atom. The summed E-state index contributed by atoms with van der Waals surface area (Å²) < 4.78 is 70.2. The molecule has 0 bridgehead atoms. The Hall–Kier alpha value is -4.85. The molecule has 2 aromatic carbocycles. The minimum atomic E-state index is -5.13. The third-order valence-electron chi connectivity index (χ3n) is 11.4. The van der Waals surface area contributed by atoms with Gasteiger partial charge in [-0.3, -0.25) is 61.1 Å². The maximum absolute atomic E-state index is 13.8. The molecule has 8 rings (SSSR count). The number of aromatic amines is 3. The van der Waals surface area contributed by atoms with Crippen molar-refractivity contribution >= 4 is 38.2 Å². The first-order chi connectivity index (χ1) is 31.7. The normalized spacial score (nSPS) is 27.0. The van der Waals surface area contributed by atoms with Gasteiger partial charge in [0.15, 0.2) is 0 Å². The lowest BCUT2D eigenvalue weighted by Gasteiger charge is -2.24. The fourth-order valence-electron chi connectivity index (χ4n) is 7.87. The Balaban J connectivity index is 0.971. The van der Waals surface area contributed by atoms with Crippen molar-refractivity contribution in [3.05, 3.63) is 140 Å². The van der Waals surface area contributed by atoms with Crippen molar-refractivity contribution in [3.63, 3.8) is 0 Å². The molecule has 5 aromatic rings. The molecular weight excluding hydrogens is 946 g/mol. The van der Waals surface area contributed by atoms with Gasteiger partial charge in [-0.25, -0.2) is 23.5 Å². The number of phosphoric acid groups is 2. The van der Waals surface area contributed by atoms with Gasteiger partial charge < -0.3 is 29.1 Å². The highest BCUT2D eigenvalue weighted by atomic mass is 32.2. The van der Waals surface area contributed by atoms with E-state index in [4.69, 9.17) is 32.3 Å². The number of aryl methyl sites for hydroxylation is 3. The van der Waals surface area contributed by atoms with Crippen LogP contribution >= 0.6 is 27.4 Å². The first-order valence-electron chi connectivity index (χ1n) is 20.8. The molecule has 0 saturated carbocycles. The average Bonchev–Trinajstić information content (AvgIpc) is 3.97. The molecule has 27 heteroatoms. The first-order valence-corrected chi connectivity index (χ1v) is 24.7. The van der Waals surface area contributed by atoms with Crippen molar-refractivity contribution in [2.24, 2.45) is 0 Å². The van der Waals surface area contributed by atoms with Crippen LogP contribution < -0.4 is 33.7 Å². The van der Waals surface area contributed by atoms with Crippen LogP contribution in [-0.4, -0.2) is 99.1 Å². The van der Waals surface area contributed by atoms with Crippen molar-refractivity contribution in [2.75, 3.05) is 19.0 Å². The molecular formula is C40H46N6O18P2S. The van der Waals surface area contributed by atoms with Gasteiger partial charge in [-0.05, 0) is 43.7 Å². The summed E-state index contributed by atoms with van der Waals surface area (Å²) in [5, 5.41) is 12.7. The molecule has 24 nitrogen and oxygen atoms in total. The van der Waals surface area contributed by atoms with Crippen LogP contribution in [-0.2, 0) is 41.4 Å². The zero-order chi connectivity index (χ0) is 47.9. The van der Waals surface area contributed by atoms with Crippen LogP contribution in [0.25, 0.3) is 10.8 Å². The van der Waals surface area contributed by atoms with E-state index >= 15 is 0 Å². The molecule has 360 valence electrons. The SMILES string of the molecule is Cc1cn([C@H]2C[C@H](OP(=O)(O)OC[C@H]3O[C@@H](n4cc(C)c(=O)[nH]c4=O)C[C@@H]3O)[C@@H](COP(=O)(O)O[C@H]3C[C@H](n4cc(C)c(=O)[nH]c4=O)O[C@@H]3CSc3ccc4ccccc4c3)O2)c(=O)[nH]c1=O. The summed E-state index contributed by atoms with van der Waals surface area (Å²) >= 11 is 1.36. The number of nitrogens with one attached hydrogen (secondary N) is 3. The number of aromatic nitrogens is 6. The monoisotopic (exact) mass is 992 g/mol. The van der Waals surface area contributed by atoms with Crippen molar-refractivity contribution in [1.29, 1.82) is 0 Å². The molecule has 3 fully saturated rings. The van der Waals surface area contributed by atoms with Gasteiger partial charge in [0.2, 0.25) is 0 Å². The summed E-state index contributed by atoms with van der Waals surface area (Å²) in [6.45, 7) is 2.82. The van der Waals surface area contributed by atoms with Crippen LogP contribution in [0.3, 0.4) is 0 Å². The van der Waals surface area contributed by atoms with E-state index in [1.54, 1.807) is 0 Å². The van der Waals surface area contributed by atoms with Crippen molar-refractivity contribution in [3.8, 4) is 0 Å². The molecule has 2 unspecified atom stereocenters. The lowest BCUT2D eigenvalue weighted by molar-refractivity contribution is -0.0590. The number of fused-ring (bicyclic) bond motifs is 1. The van der Waals surface area contributed by atoms with E-state index in [1.165, 1.54) is 51.1 Å². The third kappa shape index (κ3) is 11.2. The number of aliphatic hydroxyl groups excluding tert-OH is 1. The number of hydrogen-bond acceptors (Lipinski definition) is 17. The minimum absolute atomic E-state index is 0.113. The highest BCUT2D eigenvalue weighted by molar-refractivity contribution is 7.99. The van der Waals surface area contributed by atoms with Gasteiger partial charge in [0.05, 0.1) is 25.4 Å². The summed E-state index contributed by atoms with van der Waals surface area (Å²) in [5.74, 6) is 0.175. The van der Waals surface area contributed by atoms with Gasteiger partial charge >= 0.3 is 32.7 Å². The van der Waals surface area contributed by atoms with Crippen LogP contribution in [0.5, 0.6) is 0 Å². The van der Waals surface area contributed by atoms with Gasteiger partial charge in [0.1, 0.15) is 43.1 Å². The number of thioether (sulfide) groups is 1. The second kappa shape index (κ2) is 19.6. The Bertz CT molecular complexity index is 3130.